The van der Waals surface area contributed by atoms with E-state index in [-0.39, 0.29) is 43.8 Å². The molecular weight excluding hydrogens is 378 g/mol. The molecule has 1 fully saturated rings. The molecule has 2 rings (SSSR count). The minimum atomic E-state index is 0. The number of aliphatic hydroxyl groups excluding tert-OH is 1. The third-order valence-electron chi connectivity index (χ3n) is 2.62. The Bertz CT molecular complexity index is 170. The van der Waals surface area contributed by atoms with Gasteiger partial charge in [0.2, 0.25) is 0 Å². The number of hydrogen-bond acceptors (Lipinski definition) is 2. The average molecular weight is 391 g/mol. The fourth-order valence-corrected chi connectivity index (χ4v) is 1.92. The molecule has 0 amide bonds. The minimum absolute atomic E-state index is 0. The normalized spacial score (nSPS) is 38.9. The third-order valence-corrected chi connectivity index (χ3v) is 2.62. The van der Waals surface area contributed by atoms with E-state index in [1.54, 1.807) is 0 Å². The van der Waals surface area contributed by atoms with Gasteiger partial charge in [0.15, 0.2) is 0 Å². The molecule has 1 saturated heterocycles. The van der Waals surface area contributed by atoms with Crippen LogP contribution in [0.2, 0.25) is 0 Å². The molecule has 3 atom stereocenters. The monoisotopic (exact) mass is 391 g/mol. The van der Waals surface area contributed by atoms with Crippen LogP contribution in [-0.4, -0.2) is 17.8 Å². The molecule has 0 aromatic rings. The summed E-state index contributed by atoms with van der Waals surface area (Å²) in [7, 11) is 0. The van der Waals surface area contributed by atoms with E-state index in [1.807, 2.05) is 6.61 Å². The van der Waals surface area contributed by atoms with Crippen LogP contribution in [0.25, 0.3) is 0 Å². The molecule has 1 N–H and O–H groups in total. The van der Waals surface area contributed by atoms with Gasteiger partial charge in [-0.1, -0.05) is 18.6 Å². The molecule has 0 unspecified atom stereocenters. The van der Waals surface area contributed by atoms with Gasteiger partial charge in [0.1, 0.15) is 0 Å². The fraction of sp³-hybridized carbons (Fsp3) is 0.667. The summed E-state index contributed by atoms with van der Waals surface area (Å²) in [5.74, 6) is 1.09. The standard InChI is InChI=1S/C9H13O2.U/c10-5-9-8-4-2-1-3-7(8)6-11-9;/h1-2,6-10H,3-5H2;/q-1;/t7-,8+,9+;/m0./s1. The largest absolute Gasteiger partial charge is 0.548 e. The van der Waals surface area contributed by atoms with E-state index < -0.39 is 0 Å². The molecule has 1 aliphatic heterocycles. The number of hydrogen-bond donors (Lipinski definition) is 1. The SMILES string of the molecule is OC[C@H]1O[CH-][C@@H]2CC=CC[C@H]21.[U]. The second-order valence-electron chi connectivity index (χ2n) is 3.26. The summed E-state index contributed by atoms with van der Waals surface area (Å²) < 4.78 is 5.33. The Morgan fingerprint density at radius 2 is 2.17 bits per heavy atom. The van der Waals surface area contributed by atoms with Gasteiger partial charge in [-0.05, 0) is 12.3 Å². The Hall–Kier alpha value is 0.712. The summed E-state index contributed by atoms with van der Waals surface area (Å²) in [6.45, 7) is 2.06. The zero-order chi connectivity index (χ0) is 7.68. The first-order valence-corrected chi connectivity index (χ1v) is 4.16. The van der Waals surface area contributed by atoms with Crippen LogP contribution >= 0.6 is 0 Å². The molecule has 0 bridgehead atoms. The Morgan fingerprint density at radius 3 is 2.92 bits per heavy atom. The summed E-state index contributed by atoms with van der Waals surface area (Å²) in [4.78, 5) is 0. The Morgan fingerprint density at radius 1 is 1.42 bits per heavy atom. The van der Waals surface area contributed by atoms with Crippen molar-refractivity contribution in [1.29, 1.82) is 0 Å². The molecule has 66 valence electrons. The van der Waals surface area contributed by atoms with Crippen molar-refractivity contribution in [2.45, 2.75) is 18.9 Å². The van der Waals surface area contributed by atoms with E-state index in [2.05, 4.69) is 12.2 Å². The van der Waals surface area contributed by atoms with Gasteiger partial charge in [0.05, 0.1) is 6.61 Å². The predicted octanol–water partition coefficient (Wildman–Crippen LogP) is 1.12. The van der Waals surface area contributed by atoms with Gasteiger partial charge >= 0.3 is 0 Å². The molecule has 0 aromatic heterocycles. The Labute approximate surface area is 96.7 Å². The van der Waals surface area contributed by atoms with Gasteiger partial charge in [-0.15, -0.1) is 5.92 Å². The van der Waals surface area contributed by atoms with Crippen LogP contribution in [0.4, 0.5) is 0 Å². The smallest absolute Gasteiger partial charge is 0.0666 e. The van der Waals surface area contributed by atoms with Crippen molar-refractivity contribution in [3.05, 3.63) is 18.8 Å². The van der Waals surface area contributed by atoms with Crippen molar-refractivity contribution in [2.75, 3.05) is 6.61 Å². The van der Waals surface area contributed by atoms with E-state index in [9.17, 15) is 0 Å². The van der Waals surface area contributed by atoms with Crippen molar-refractivity contribution in [1.82, 2.24) is 0 Å². The van der Waals surface area contributed by atoms with Crippen LogP contribution in [0.15, 0.2) is 12.2 Å². The molecule has 1 heterocycles. The summed E-state index contributed by atoms with van der Waals surface area (Å²) in [6.07, 6.45) is 6.59. The van der Waals surface area contributed by atoms with Gasteiger partial charge in [0.25, 0.3) is 0 Å². The van der Waals surface area contributed by atoms with E-state index in [1.165, 1.54) is 0 Å². The first-order valence-electron chi connectivity index (χ1n) is 4.16. The van der Waals surface area contributed by atoms with Crippen molar-refractivity contribution in [3.8, 4) is 0 Å². The summed E-state index contributed by atoms with van der Waals surface area (Å²) in [6, 6.07) is 0. The predicted molar refractivity (Wildman–Crippen MR) is 41.6 cm³/mol. The number of rotatable bonds is 1. The number of allylic oxidation sites excluding steroid dienone is 2. The van der Waals surface area contributed by atoms with Crippen molar-refractivity contribution in [2.24, 2.45) is 11.8 Å². The molecular formula is C9H13O2U-. The Balaban J connectivity index is 0.000000720. The fourth-order valence-electron chi connectivity index (χ4n) is 1.92. The number of ether oxygens (including phenoxy) is 1. The van der Waals surface area contributed by atoms with Crippen molar-refractivity contribution in [3.63, 3.8) is 0 Å². The summed E-state index contributed by atoms with van der Waals surface area (Å²) in [5.41, 5.74) is 0. The Kier molecular flexibility index (Phi) is 4.33. The molecule has 3 heteroatoms. The van der Waals surface area contributed by atoms with E-state index in [0.717, 1.165) is 12.8 Å². The topological polar surface area (TPSA) is 29.5 Å². The van der Waals surface area contributed by atoms with Gasteiger partial charge < -0.3 is 9.84 Å². The van der Waals surface area contributed by atoms with Crippen LogP contribution in [0, 0.1) is 49.6 Å². The molecule has 2 nitrogen and oxygen atoms in total. The van der Waals surface area contributed by atoms with E-state index in [4.69, 9.17) is 9.84 Å². The van der Waals surface area contributed by atoms with Gasteiger partial charge in [-0.3, -0.25) is 0 Å². The second-order valence-corrected chi connectivity index (χ2v) is 3.26. The average Bonchev–Trinajstić information content (AvgIpc) is 2.47. The zero-order valence-electron chi connectivity index (χ0n) is 6.94. The third kappa shape index (κ3) is 1.96. The van der Waals surface area contributed by atoms with Crippen LogP contribution in [0.1, 0.15) is 12.8 Å². The van der Waals surface area contributed by atoms with Gasteiger partial charge in [0, 0.05) is 37.2 Å². The van der Waals surface area contributed by atoms with Crippen LogP contribution in [0.5, 0.6) is 0 Å². The molecule has 0 spiro atoms. The van der Waals surface area contributed by atoms with E-state index >= 15 is 0 Å². The number of fused-ring (bicyclic) bond motifs is 1. The maximum atomic E-state index is 8.94. The zero-order valence-corrected chi connectivity index (χ0v) is 11.1. The molecule has 12 heavy (non-hydrogen) atoms. The maximum absolute atomic E-state index is 8.94. The van der Waals surface area contributed by atoms with Crippen molar-refractivity contribution < 1.29 is 41.0 Å². The van der Waals surface area contributed by atoms with Crippen LogP contribution in [-0.2, 0) is 4.74 Å². The summed E-state index contributed by atoms with van der Waals surface area (Å²) >= 11 is 0. The van der Waals surface area contributed by atoms with Gasteiger partial charge in [-0.2, -0.15) is 0 Å². The van der Waals surface area contributed by atoms with Crippen molar-refractivity contribution >= 4 is 0 Å². The second kappa shape index (κ2) is 4.81. The molecule has 0 radical (unpaired) electrons. The molecule has 0 saturated carbocycles. The molecule has 1 aliphatic carbocycles. The van der Waals surface area contributed by atoms with E-state index in [0.29, 0.717) is 11.8 Å². The first kappa shape index (κ1) is 10.8. The molecule has 2 aliphatic rings. The van der Waals surface area contributed by atoms with Gasteiger partial charge in [-0.25, -0.2) is 6.61 Å². The quantitative estimate of drug-likeness (QED) is 0.537. The minimum Gasteiger partial charge on any atom is -0.548 e. The number of aliphatic hydroxyl groups is 1. The summed E-state index contributed by atoms with van der Waals surface area (Å²) in [5, 5.41) is 8.94. The van der Waals surface area contributed by atoms with Crippen LogP contribution in [0.3, 0.4) is 0 Å². The van der Waals surface area contributed by atoms with Crippen LogP contribution < -0.4 is 0 Å². The first-order chi connectivity index (χ1) is 5.42. The molecule has 0 aromatic carbocycles. The maximum Gasteiger partial charge on any atom is 0.0666 e.